The van der Waals surface area contributed by atoms with Gasteiger partial charge in [0.25, 0.3) is 0 Å². The summed E-state index contributed by atoms with van der Waals surface area (Å²) in [6.45, 7) is 1.08. The van der Waals surface area contributed by atoms with Crippen molar-refractivity contribution in [1.82, 2.24) is 9.88 Å². The lowest BCUT2D eigenvalue weighted by Gasteiger charge is -2.21. The summed E-state index contributed by atoms with van der Waals surface area (Å²) in [6.07, 6.45) is 2.36. The van der Waals surface area contributed by atoms with Crippen LogP contribution in [0.2, 0.25) is 0 Å². The predicted molar refractivity (Wildman–Crippen MR) is 75.8 cm³/mol. The van der Waals surface area contributed by atoms with Crippen LogP contribution in [-0.2, 0) is 6.61 Å². The molecule has 1 N–H and O–H groups in total. The fourth-order valence-corrected chi connectivity index (χ4v) is 2.30. The highest BCUT2D eigenvalue weighted by Gasteiger charge is 2.25. The first-order valence-electron chi connectivity index (χ1n) is 5.61. The molecule has 1 aromatic heterocycles. The van der Waals surface area contributed by atoms with E-state index in [1.807, 2.05) is 12.1 Å². The SMILES string of the molecule is COc1nc(CO)ccc1[C@@H]1CCCN1C.Cl.Cl. The molecule has 1 aliphatic rings. The van der Waals surface area contributed by atoms with Gasteiger partial charge < -0.3 is 9.84 Å². The third-order valence-electron chi connectivity index (χ3n) is 3.18. The number of aliphatic hydroxyl groups is 1. The first kappa shape index (κ1) is 17.4. The summed E-state index contributed by atoms with van der Waals surface area (Å²) in [5, 5.41) is 9.04. The normalized spacial score (nSPS) is 18.9. The van der Waals surface area contributed by atoms with Crippen molar-refractivity contribution in [3.05, 3.63) is 23.4 Å². The molecule has 2 rings (SSSR count). The van der Waals surface area contributed by atoms with E-state index in [4.69, 9.17) is 9.84 Å². The lowest BCUT2D eigenvalue weighted by Crippen LogP contribution is -2.18. The molecule has 0 unspecified atom stereocenters. The summed E-state index contributed by atoms with van der Waals surface area (Å²) in [5.74, 6) is 0.644. The van der Waals surface area contributed by atoms with Crippen LogP contribution in [0.25, 0.3) is 0 Å². The summed E-state index contributed by atoms with van der Waals surface area (Å²) in [6, 6.07) is 4.28. The van der Waals surface area contributed by atoms with Gasteiger partial charge in [-0.2, -0.15) is 0 Å². The standard InChI is InChI=1S/C12H18N2O2.2ClH/c1-14-7-3-4-11(14)10-6-5-9(8-15)13-12(10)16-2;;/h5-6,11,15H,3-4,7-8H2,1-2H3;2*1H/t11-;;/m0../s1. The van der Waals surface area contributed by atoms with Gasteiger partial charge in [-0.1, -0.05) is 6.07 Å². The second-order valence-corrected chi connectivity index (χ2v) is 4.20. The predicted octanol–water partition coefficient (Wildman–Crippen LogP) is 2.19. The van der Waals surface area contributed by atoms with Crippen LogP contribution in [0, 0.1) is 0 Å². The average Bonchev–Trinajstić information content (AvgIpc) is 2.74. The summed E-state index contributed by atoms with van der Waals surface area (Å²) in [4.78, 5) is 6.61. The van der Waals surface area contributed by atoms with Gasteiger partial charge in [-0.3, -0.25) is 4.90 Å². The van der Waals surface area contributed by atoms with Gasteiger partial charge in [0.15, 0.2) is 0 Å². The van der Waals surface area contributed by atoms with Crippen LogP contribution in [0.5, 0.6) is 5.88 Å². The number of aliphatic hydroxyl groups excluding tert-OH is 1. The Kier molecular flexibility index (Phi) is 7.55. The van der Waals surface area contributed by atoms with Gasteiger partial charge in [0.05, 0.1) is 19.4 Å². The molecule has 0 aliphatic carbocycles. The number of pyridine rings is 1. The fraction of sp³-hybridized carbons (Fsp3) is 0.583. The lowest BCUT2D eigenvalue weighted by atomic mass is 10.1. The van der Waals surface area contributed by atoms with Crippen molar-refractivity contribution < 1.29 is 9.84 Å². The van der Waals surface area contributed by atoms with Crippen LogP contribution in [0.4, 0.5) is 0 Å². The third-order valence-corrected chi connectivity index (χ3v) is 3.18. The number of nitrogens with zero attached hydrogens (tertiary/aromatic N) is 2. The number of hydrogen-bond donors (Lipinski definition) is 1. The maximum atomic E-state index is 9.04. The molecule has 18 heavy (non-hydrogen) atoms. The van der Waals surface area contributed by atoms with Gasteiger partial charge in [-0.15, -0.1) is 24.8 Å². The smallest absolute Gasteiger partial charge is 0.218 e. The molecule has 0 bridgehead atoms. The molecule has 0 spiro atoms. The van der Waals surface area contributed by atoms with E-state index in [2.05, 4.69) is 16.9 Å². The molecule has 4 nitrogen and oxygen atoms in total. The van der Waals surface area contributed by atoms with Crippen LogP contribution in [-0.4, -0.2) is 35.7 Å². The number of aromatic nitrogens is 1. The molecule has 1 saturated heterocycles. The zero-order valence-corrected chi connectivity index (χ0v) is 12.3. The van der Waals surface area contributed by atoms with Crippen molar-refractivity contribution in [2.24, 2.45) is 0 Å². The number of likely N-dealkylation sites (tertiary alicyclic amines) is 1. The van der Waals surface area contributed by atoms with E-state index in [-0.39, 0.29) is 31.4 Å². The van der Waals surface area contributed by atoms with E-state index in [0.29, 0.717) is 17.6 Å². The van der Waals surface area contributed by atoms with Crippen LogP contribution in [0.15, 0.2) is 12.1 Å². The molecule has 104 valence electrons. The van der Waals surface area contributed by atoms with Gasteiger partial charge in [0, 0.05) is 11.6 Å². The minimum Gasteiger partial charge on any atom is -0.481 e. The Hall–Kier alpha value is -0.550. The van der Waals surface area contributed by atoms with E-state index >= 15 is 0 Å². The molecule has 1 aromatic rings. The Morgan fingerprint density at radius 1 is 1.44 bits per heavy atom. The van der Waals surface area contributed by atoms with Crippen LogP contribution in [0.3, 0.4) is 0 Å². The quantitative estimate of drug-likeness (QED) is 0.928. The number of hydrogen-bond acceptors (Lipinski definition) is 4. The number of rotatable bonds is 3. The minimum atomic E-state index is -0.0445. The van der Waals surface area contributed by atoms with Gasteiger partial charge in [-0.25, -0.2) is 4.98 Å². The average molecular weight is 295 g/mol. The molecule has 0 amide bonds. The molecule has 1 atom stereocenters. The summed E-state index contributed by atoms with van der Waals surface area (Å²) < 4.78 is 5.30. The van der Waals surface area contributed by atoms with Crippen molar-refractivity contribution >= 4 is 24.8 Å². The molecule has 2 heterocycles. The minimum absolute atomic E-state index is 0. The Balaban J connectivity index is 0.00000144. The molecule has 0 radical (unpaired) electrons. The topological polar surface area (TPSA) is 45.6 Å². The summed E-state index contributed by atoms with van der Waals surface area (Å²) >= 11 is 0. The first-order chi connectivity index (χ1) is 7.76. The first-order valence-corrected chi connectivity index (χ1v) is 5.61. The molecule has 6 heteroatoms. The van der Waals surface area contributed by atoms with E-state index in [1.165, 1.54) is 6.42 Å². The Morgan fingerprint density at radius 2 is 2.17 bits per heavy atom. The Morgan fingerprint density at radius 3 is 2.67 bits per heavy atom. The molecule has 1 fully saturated rings. The monoisotopic (exact) mass is 294 g/mol. The number of methoxy groups -OCH3 is 1. The van der Waals surface area contributed by atoms with Crippen molar-refractivity contribution in [3.8, 4) is 5.88 Å². The largest absolute Gasteiger partial charge is 0.481 e. The van der Waals surface area contributed by atoms with Crippen molar-refractivity contribution in [3.63, 3.8) is 0 Å². The maximum Gasteiger partial charge on any atom is 0.218 e. The van der Waals surface area contributed by atoms with Crippen molar-refractivity contribution in [1.29, 1.82) is 0 Å². The van der Waals surface area contributed by atoms with Crippen LogP contribution < -0.4 is 4.74 Å². The highest BCUT2D eigenvalue weighted by molar-refractivity contribution is 5.85. The molecule has 0 saturated carbocycles. The Bertz CT molecular complexity index is 377. The van der Waals surface area contributed by atoms with Crippen LogP contribution in [0.1, 0.15) is 30.1 Å². The van der Waals surface area contributed by atoms with Crippen molar-refractivity contribution in [2.75, 3.05) is 20.7 Å². The highest BCUT2D eigenvalue weighted by Crippen LogP contribution is 2.34. The molecular weight excluding hydrogens is 275 g/mol. The maximum absolute atomic E-state index is 9.04. The third kappa shape index (κ3) is 3.48. The van der Waals surface area contributed by atoms with Gasteiger partial charge in [0.1, 0.15) is 0 Å². The Labute approximate surface area is 120 Å². The van der Waals surface area contributed by atoms with Crippen LogP contribution >= 0.6 is 24.8 Å². The lowest BCUT2D eigenvalue weighted by molar-refractivity contribution is 0.271. The number of halogens is 2. The zero-order valence-electron chi connectivity index (χ0n) is 10.6. The fourth-order valence-electron chi connectivity index (χ4n) is 2.30. The van der Waals surface area contributed by atoms with E-state index in [9.17, 15) is 0 Å². The van der Waals surface area contributed by atoms with E-state index < -0.39 is 0 Å². The second kappa shape index (κ2) is 7.79. The van der Waals surface area contributed by atoms with Gasteiger partial charge in [-0.05, 0) is 32.5 Å². The molecule has 1 aliphatic heterocycles. The van der Waals surface area contributed by atoms with Crippen molar-refractivity contribution in [2.45, 2.75) is 25.5 Å². The molecule has 0 aromatic carbocycles. The second-order valence-electron chi connectivity index (χ2n) is 4.20. The summed E-state index contributed by atoms with van der Waals surface area (Å²) in [7, 11) is 3.75. The van der Waals surface area contributed by atoms with Gasteiger partial charge in [0.2, 0.25) is 5.88 Å². The zero-order chi connectivity index (χ0) is 11.5. The van der Waals surface area contributed by atoms with E-state index in [1.54, 1.807) is 7.11 Å². The van der Waals surface area contributed by atoms with Gasteiger partial charge >= 0.3 is 0 Å². The molecular formula is C12H20Cl2N2O2. The highest BCUT2D eigenvalue weighted by atomic mass is 35.5. The van der Waals surface area contributed by atoms with E-state index in [0.717, 1.165) is 18.5 Å². The summed E-state index contributed by atoms with van der Waals surface area (Å²) in [5.41, 5.74) is 1.78. The number of ether oxygens (including phenoxy) is 1.